The van der Waals surface area contributed by atoms with E-state index >= 15 is 0 Å². The molecule has 2 atom stereocenters. The van der Waals surface area contributed by atoms with Crippen molar-refractivity contribution in [3.63, 3.8) is 0 Å². The van der Waals surface area contributed by atoms with Gasteiger partial charge < -0.3 is 24.4 Å². The van der Waals surface area contributed by atoms with E-state index in [0.29, 0.717) is 70.1 Å². The Labute approximate surface area is 395 Å². The van der Waals surface area contributed by atoms with Gasteiger partial charge in [-0.2, -0.15) is 20.5 Å². The second-order valence-electron chi connectivity index (χ2n) is 16.3. The Hall–Kier alpha value is -7.93. The average Bonchev–Trinajstić information content (AvgIpc) is 3.96. The molecule has 1 unspecified atom stereocenters. The minimum atomic E-state index is -0.747. The van der Waals surface area contributed by atoms with Crippen LogP contribution in [0.25, 0.3) is 5.00 Å². The van der Waals surface area contributed by atoms with Gasteiger partial charge in [-0.3, -0.25) is 34.1 Å². The van der Waals surface area contributed by atoms with Crippen LogP contribution in [0.5, 0.6) is 17.2 Å². The first kappa shape index (κ1) is 45.2. The predicted octanol–water partition coefficient (Wildman–Crippen LogP) is 8.73. The van der Waals surface area contributed by atoms with Gasteiger partial charge in [0.1, 0.15) is 22.9 Å². The van der Waals surface area contributed by atoms with Crippen LogP contribution in [0.4, 0.5) is 22.7 Å². The van der Waals surface area contributed by atoms with Crippen molar-refractivity contribution in [2.45, 2.75) is 65.1 Å². The number of aliphatic imine (C=N–C) groups is 1. The van der Waals surface area contributed by atoms with Gasteiger partial charge >= 0.3 is 0 Å². The fourth-order valence-electron chi connectivity index (χ4n) is 8.38. The molecular formula is C49H47N11O7S. The number of nitrogens with zero attached hydrogens (tertiary/aromatic N) is 9. The number of azo groups is 2. The normalized spacial score (nSPS) is 16.6. The van der Waals surface area contributed by atoms with E-state index < -0.39 is 18.0 Å². The SMILES string of the molecule is COc1cc(N=Nc2cccc3c2CN(C2CCC(=O)NC2=O)C3=O)cc(OC)c1OCCCNC(=O)C[C@@H]1N=C(c2ccc(N=Nc3ccccc3)cc2)c2c(sc(C)c2C)-n2c(C)nnc21. The van der Waals surface area contributed by atoms with Crippen molar-refractivity contribution in [2.75, 3.05) is 27.4 Å². The monoisotopic (exact) mass is 933 g/mol. The zero-order valence-corrected chi connectivity index (χ0v) is 38.8. The molecule has 3 aliphatic heterocycles. The van der Waals surface area contributed by atoms with E-state index in [1.54, 1.807) is 41.7 Å². The average molecular weight is 934 g/mol. The molecule has 5 heterocycles. The molecule has 0 saturated carbocycles. The smallest absolute Gasteiger partial charge is 0.255 e. The second kappa shape index (κ2) is 19.5. The molecule has 0 bridgehead atoms. The molecule has 1 saturated heterocycles. The fraction of sp³-hybridized carbons (Fsp3) is 0.286. The number of thiophene rings is 1. The summed E-state index contributed by atoms with van der Waals surface area (Å²) < 4.78 is 19.5. The molecule has 0 radical (unpaired) electrons. The number of methoxy groups -OCH3 is 2. The van der Waals surface area contributed by atoms with Crippen molar-refractivity contribution in [3.8, 4) is 22.2 Å². The quantitative estimate of drug-likeness (QED) is 0.0571. The Morgan fingerprint density at radius 3 is 2.31 bits per heavy atom. The minimum absolute atomic E-state index is 0.0384. The molecule has 68 heavy (non-hydrogen) atoms. The number of carbonyl (C=O) groups is 4. The van der Waals surface area contributed by atoms with Gasteiger partial charge in [0.15, 0.2) is 17.3 Å². The molecule has 19 heteroatoms. The number of hydrogen-bond donors (Lipinski definition) is 2. The molecule has 0 spiro atoms. The lowest BCUT2D eigenvalue weighted by Gasteiger charge is -2.29. The fourth-order valence-corrected chi connectivity index (χ4v) is 9.60. The summed E-state index contributed by atoms with van der Waals surface area (Å²) in [6, 6.07) is 24.4. The molecule has 4 amide bonds. The number of imide groups is 1. The van der Waals surface area contributed by atoms with Crippen LogP contribution >= 0.6 is 11.3 Å². The highest BCUT2D eigenvalue weighted by atomic mass is 32.1. The Morgan fingerprint density at radius 1 is 0.868 bits per heavy atom. The van der Waals surface area contributed by atoms with Gasteiger partial charge in [-0.15, -0.1) is 21.5 Å². The Kier molecular flexibility index (Phi) is 13.0. The summed E-state index contributed by atoms with van der Waals surface area (Å²) in [5, 5.41) is 33.0. The summed E-state index contributed by atoms with van der Waals surface area (Å²) in [6.45, 7) is 6.78. The number of hydrogen-bond acceptors (Lipinski definition) is 15. The molecule has 9 rings (SSSR count). The summed E-state index contributed by atoms with van der Waals surface area (Å²) in [4.78, 5) is 59.1. The largest absolute Gasteiger partial charge is 0.493 e. The number of nitrogens with one attached hydrogen (secondary N) is 2. The highest BCUT2D eigenvalue weighted by Gasteiger charge is 2.40. The molecule has 0 aliphatic carbocycles. The van der Waals surface area contributed by atoms with Crippen molar-refractivity contribution in [1.29, 1.82) is 0 Å². The first-order valence-electron chi connectivity index (χ1n) is 22.0. The van der Waals surface area contributed by atoms with Crippen LogP contribution in [-0.4, -0.2) is 82.4 Å². The van der Waals surface area contributed by atoms with Gasteiger partial charge in [-0.25, -0.2) is 0 Å². The summed E-state index contributed by atoms with van der Waals surface area (Å²) in [7, 11) is 3.00. The van der Waals surface area contributed by atoms with E-state index in [1.807, 2.05) is 66.1 Å². The topological polar surface area (TPSA) is 216 Å². The number of fused-ring (bicyclic) bond motifs is 4. The van der Waals surface area contributed by atoms with Crippen LogP contribution < -0.4 is 24.8 Å². The maximum absolute atomic E-state index is 13.7. The Bertz CT molecular complexity index is 3010. The van der Waals surface area contributed by atoms with Crippen molar-refractivity contribution >= 4 is 63.4 Å². The third-order valence-electron chi connectivity index (χ3n) is 12.0. The number of amides is 4. The lowest BCUT2D eigenvalue weighted by Crippen LogP contribution is -2.52. The van der Waals surface area contributed by atoms with Crippen LogP contribution in [0.15, 0.2) is 110 Å². The highest BCUT2D eigenvalue weighted by Crippen LogP contribution is 2.43. The van der Waals surface area contributed by atoms with Gasteiger partial charge in [-0.05, 0) is 75.6 Å². The van der Waals surface area contributed by atoms with Crippen molar-refractivity contribution < 1.29 is 33.4 Å². The zero-order chi connectivity index (χ0) is 47.5. The van der Waals surface area contributed by atoms with Gasteiger partial charge in [0.2, 0.25) is 23.5 Å². The predicted molar refractivity (Wildman–Crippen MR) is 253 cm³/mol. The standard InChI is InChI=1S/C49H47N11O7S/c1-27-28(2)68-49-43(27)44(30-15-17-32(18-16-30)55-54-31-11-7-6-8-12-31)51-37(46-58-53-29(3)60(46)49)25-42(62)50-21-10-22-67-45-39(65-4)23-33(24-40(45)66-5)56-57-36-14-9-13-34-35(36)26-59(48(34)64)38-19-20-41(61)52-47(38)63/h6-9,11-18,23-24,37-38H,10,19-22,25-26H2,1-5H3,(H,50,62)(H,52,61,63)/t37-,38?/m0/s1. The third kappa shape index (κ3) is 9.11. The number of rotatable bonds is 15. The Balaban J connectivity index is 0.851. The molecule has 346 valence electrons. The van der Waals surface area contributed by atoms with Gasteiger partial charge in [0, 0.05) is 58.8 Å². The lowest BCUT2D eigenvalue weighted by atomic mass is 9.99. The van der Waals surface area contributed by atoms with Crippen molar-refractivity contribution in [1.82, 2.24) is 30.3 Å². The summed E-state index contributed by atoms with van der Waals surface area (Å²) in [5.74, 6) is 1.01. The molecule has 2 aromatic heterocycles. The van der Waals surface area contributed by atoms with E-state index in [2.05, 4.69) is 55.1 Å². The molecule has 3 aliphatic rings. The highest BCUT2D eigenvalue weighted by molar-refractivity contribution is 7.15. The Morgan fingerprint density at radius 2 is 1.59 bits per heavy atom. The summed E-state index contributed by atoms with van der Waals surface area (Å²) >= 11 is 1.65. The number of carbonyl (C=O) groups excluding carboxylic acids is 4. The minimum Gasteiger partial charge on any atom is -0.493 e. The number of benzene rings is 4. The maximum Gasteiger partial charge on any atom is 0.255 e. The number of piperidine rings is 1. The number of ether oxygens (including phenoxy) is 3. The zero-order valence-electron chi connectivity index (χ0n) is 38.0. The van der Waals surface area contributed by atoms with E-state index in [9.17, 15) is 19.2 Å². The molecule has 2 N–H and O–H groups in total. The lowest BCUT2D eigenvalue weighted by molar-refractivity contribution is -0.137. The van der Waals surface area contributed by atoms with Gasteiger partial charge in [0.05, 0.1) is 55.7 Å². The molecule has 4 aromatic carbocycles. The number of aromatic nitrogens is 3. The molecule has 6 aromatic rings. The van der Waals surface area contributed by atoms with Gasteiger partial charge in [-0.1, -0.05) is 36.4 Å². The van der Waals surface area contributed by atoms with Crippen molar-refractivity contribution in [2.24, 2.45) is 25.4 Å². The van der Waals surface area contributed by atoms with E-state index in [-0.39, 0.29) is 50.1 Å². The first-order valence-corrected chi connectivity index (χ1v) is 22.8. The molecule has 1 fully saturated rings. The maximum atomic E-state index is 13.7. The van der Waals surface area contributed by atoms with E-state index in [1.165, 1.54) is 19.1 Å². The third-order valence-corrected chi connectivity index (χ3v) is 13.2. The molecule has 18 nitrogen and oxygen atoms in total. The van der Waals surface area contributed by atoms with Crippen molar-refractivity contribution in [3.05, 3.63) is 129 Å². The van der Waals surface area contributed by atoms with Gasteiger partial charge in [0.25, 0.3) is 5.91 Å². The summed E-state index contributed by atoms with van der Waals surface area (Å²) in [6.07, 6.45) is 0.918. The van der Waals surface area contributed by atoms with Crippen LogP contribution in [0.1, 0.15) is 80.9 Å². The van der Waals surface area contributed by atoms with Crippen LogP contribution in [0.2, 0.25) is 0 Å². The first-order chi connectivity index (χ1) is 33.0. The van der Waals surface area contributed by atoms with E-state index in [0.717, 1.165) is 38.0 Å². The van der Waals surface area contributed by atoms with Crippen LogP contribution in [-0.2, 0) is 20.9 Å². The second-order valence-corrected chi connectivity index (χ2v) is 17.5. The van der Waals surface area contributed by atoms with Crippen LogP contribution in [0.3, 0.4) is 0 Å². The summed E-state index contributed by atoms with van der Waals surface area (Å²) in [5.41, 5.74) is 7.11. The molecular weight excluding hydrogens is 887 g/mol. The number of aryl methyl sites for hydroxylation is 2. The van der Waals surface area contributed by atoms with Crippen LogP contribution in [0, 0.1) is 20.8 Å². The van der Waals surface area contributed by atoms with E-state index in [4.69, 9.17) is 19.2 Å².